The van der Waals surface area contributed by atoms with Gasteiger partial charge in [-0.25, -0.2) is 0 Å². The maximum Gasteiger partial charge on any atom is 0.197 e. The lowest BCUT2D eigenvalue weighted by molar-refractivity contribution is 0.104. The Bertz CT molecular complexity index is 705. The lowest BCUT2D eigenvalue weighted by Gasteiger charge is -2.20. The fraction of sp³-hybridized carbons (Fsp3) is 0.333. The van der Waals surface area contributed by atoms with E-state index in [9.17, 15) is 4.79 Å². The third-order valence-corrected chi connectivity index (χ3v) is 3.53. The van der Waals surface area contributed by atoms with Crippen molar-refractivity contribution in [1.82, 2.24) is 9.78 Å². The van der Waals surface area contributed by atoms with Crippen LogP contribution in [0.1, 0.15) is 42.4 Å². The molecular weight excluding hydrogens is 238 g/mol. The normalized spacial score (nSPS) is 13.6. The van der Waals surface area contributed by atoms with E-state index in [-0.39, 0.29) is 11.2 Å². The minimum absolute atomic E-state index is 0.0373. The molecule has 4 nitrogen and oxygen atoms in total. The van der Waals surface area contributed by atoms with Crippen molar-refractivity contribution in [2.24, 2.45) is 7.05 Å². The summed E-state index contributed by atoms with van der Waals surface area (Å²) < 4.78 is 1.82. The Kier molecular flexibility index (Phi) is 2.18. The molecule has 0 fully saturated rings. The number of fused-ring (bicyclic) bond motifs is 3. The lowest BCUT2D eigenvalue weighted by Crippen LogP contribution is -2.20. The van der Waals surface area contributed by atoms with E-state index in [0.717, 1.165) is 22.5 Å². The summed E-state index contributed by atoms with van der Waals surface area (Å²) in [6, 6.07) is 5.44. The van der Waals surface area contributed by atoms with E-state index in [4.69, 9.17) is 5.73 Å². The molecule has 0 spiro atoms. The molecule has 1 aromatic heterocycles. The molecule has 3 rings (SSSR count). The molecule has 0 unspecified atom stereocenters. The Hall–Kier alpha value is -2.10. The van der Waals surface area contributed by atoms with Crippen molar-refractivity contribution in [2.45, 2.75) is 26.2 Å². The average molecular weight is 255 g/mol. The monoisotopic (exact) mass is 255 g/mol. The van der Waals surface area contributed by atoms with Gasteiger partial charge in [0, 0.05) is 29.3 Å². The smallest absolute Gasteiger partial charge is 0.197 e. The van der Waals surface area contributed by atoms with E-state index in [1.54, 1.807) is 6.07 Å². The van der Waals surface area contributed by atoms with Crippen LogP contribution in [-0.2, 0) is 12.5 Å². The number of anilines is 1. The first-order valence-electron chi connectivity index (χ1n) is 6.33. The fourth-order valence-electron chi connectivity index (χ4n) is 2.88. The van der Waals surface area contributed by atoms with Gasteiger partial charge in [0.05, 0.1) is 11.3 Å². The molecule has 1 aliphatic rings. The highest BCUT2D eigenvalue weighted by Gasteiger charge is 2.37. The lowest BCUT2D eigenvalue weighted by atomic mass is 9.88. The van der Waals surface area contributed by atoms with Crippen molar-refractivity contribution in [3.63, 3.8) is 0 Å². The zero-order valence-electron chi connectivity index (χ0n) is 11.6. The Labute approximate surface area is 112 Å². The Balaban J connectivity index is 2.33. The molecule has 0 bridgehead atoms. The summed E-state index contributed by atoms with van der Waals surface area (Å²) in [5.41, 5.74) is 10.3. The molecule has 0 atom stereocenters. The summed E-state index contributed by atoms with van der Waals surface area (Å²) in [5.74, 6) is 0.0373. The van der Waals surface area contributed by atoms with Gasteiger partial charge in [0.2, 0.25) is 0 Å². The molecule has 98 valence electrons. The van der Waals surface area contributed by atoms with Crippen molar-refractivity contribution in [2.75, 3.05) is 5.73 Å². The number of aromatic nitrogens is 2. The molecule has 2 aromatic rings. The molecular formula is C15H17N3O. The molecule has 1 aliphatic carbocycles. The van der Waals surface area contributed by atoms with Gasteiger partial charge in [-0.1, -0.05) is 20.8 Å². The second kappa shape index (κ2) is 3.47. The third-order valence-electron chi connectivity index (χ3n) is 3.53. The summed E-state index contributed by atoms with van der Waals surface area (Å²) in [6.45, 7) is 6.28. The number of nitrogens with two attached hydrogens (primary N) is 1. The molecule has 0 saturated heterocycles. The molecule has 1 aromatic carbocycles. The average Bonchev–Trinajstić information content (AvgIpc) is 2.75. The van der Waals surface area contributed by atoms with Gasteiger partial charge in [-0.2, -0.15) is 5.10 Å². The SMILES string of the molecule is Cn1nc2c(c1C(C)(C)C)C(=O)c1cc(N)ccc1-2. The third kappa shape index (κ3) is 1.52. The quantitative estimate of drug-likeness (QED) is 0.628. The summed E-state index contributed by atoms with van der Waals surface area (Å²) in [6.07, 6.45) is 0. The second-order valence-corrected chi connectivity index (χ2v) is 6.08. The highest BCUT2D eigenvalue weighted by atomic mass is 16.1. The molecule has 0 saturated carbocycles. The number of nitrogen functional groups attached to an aromatic ring is 1. The molecule has 4 heteroatoms. The van der Waals surface area contributed by atoms with Gasteiger partial charge in [-0.05, 0) is 18.2 Å². The minimum atomic E-state index is -0.126. The van der Waals surface area contributed by atoms with Crippen LogP contribution in [0.2, 0.25) is 0 Å². The first-order chi connectivity index (χ1) is 8.80. The number of rotatable bonds is 0. The zero-order chi connectivity index (χ0) is 13.9. The highest BCUT2D eigenvalue weighted by Crippen LogP contribution is 2.41. The van der Waals surface area contributed by atoms with E-state index in [0.29, 0.717) is 11.3 Å². The second-order valence-electron chi connectivity index (χ2n) is 6.08. The predicted molar refractivity (Wildman–Crippen MR) is 75.2 cm³/mol. The standard InChI is InChI=1S/C15H17N3O/c1-15(2,3)14-11-12(17-18(14)4)9-6-5-8(16)7-10(9)13(11)19/h5-7H,16H2,1-4H3. The van der Waals surface area contributed by atoms with Gasteiger partial charge in [0.25, 0.3) is 0 Å². The first kappa shape index (κ1) is 12.0. The van der Waals surface area contributed by atoms with Gasteiger partial charge >= 0.3 is 0 Å². The van der Waals surface area contributed by atoms with Crippen molar-refractivity contribution in [3.8, 4) is 11.3 Å². The van der Waals surface area contributed by atoms with Gasteiger partial charge in [-0.15, -0.1) is 0 Å². The molecule has 0 aliphatic heterocycles. The molecule has 0 amide bonds. The molecule has 0 radical (unpaired) electrons. The first-order valence-corrected chi connectivity index (χ1v) is 6.33. The Morgan fingerprint density at radius 1 is 1.21 bits per heavy atom. The van der Waals surface area contributed by atoms with E-state index < -0.39 is 0 Å². The molecule has 19 heavy (non-hydrogen) atoms. The number of hydrogen-bond donors (Lipinski definition) is 1. The van der Waals surface area contributed by atoms with Crippen LogP contribution in [0.4, 0.5) is 5.69 Å². The molecule has 2 N–H and O–H groups in total. The van der Waals surface area contributed by atoms with Crippen LogP contribution in [0.25, 0.3) is 11.3 Å². The largest absolute Gasteiger partial charge is 0.399 e. The number of ketones is 1. The van der Waals surface area contributed by atoms with E-state index in [2.05, 4.69) is 25.9 Å². The predicted octanol–water partition coefficient (Wildman–Crippen LogP) is 2.51. The zero-order valence-corrected chi connectivity index (χ0v) is 11.6. The summed E-state index contributed by atoms with van der Waals surface area (Å²) in [4.78, 5) is 12.6. The Morgan fingerprint density at radius 3 is 2.53 bits per heavy atom. The van der Waals surface area contributed by atoms with E-state index >= 15 is 0 Å². The summed E-state index contributed by atoms with van der Waals surface area (Å²) in [5, 5.41) is 4.53. The highest BCUT2D eigenvalue weighted by molar-refractivity contribution is 6.22. The fourth-order valence-corrected chi connectivity index (χ4v) is 2.88. The van der Waals surface area contributed by atoms with Gasteiger partial charge < -0.3 is 5.73 Å². The number of aryl methyl sites for hydroxylation is 1. The van der Waals surface area contributed by atoms with Crippen LogP contribution in [0, 0.1) is 0 Å². The number of carbonyl (C=O) groups is 1. The maximum atomic E-state index is 12.6. The topological polar surface area (TPSA) is 60.9 Å². The van der Waals surface area contributed by atoms with Gasteiger partial charge in [0.1, 0.15) is 5.69 Å². The van der Waals surface area contributed by atoms with Crippen LogP contribution in [0.5, 0.6) is 0 Å². The van der Waals surface area contributed by atoms with Crippen molar-refractivity contribution < 1.29 is 4.79 Å². The van der Waals surface area contributed by atoms with E-state index in [1.807, 2.05) is 23.9 Å². The maximum absolute atomic E-state index is 12.6. The van der Waals surface area contributed by atoms with Crippen molar-refractivity contribution >= 4 is 11.5 Å². The van der Waals surface area contributed by atoms with Crippen molar-refractivity contribution in [1.29, 1.82) is 0 Å². The van der Waals surface area contributed by atoms with Gasteiger partial charge in [-0.3, -0.25) is 9.48 Å². The number of hydrogen-bond acceptors (Lipinski definition) is 3. The number of benzene rings is 1. The van der Waals surface area contributed by atoms with Crippen LogP contribution in [-0.4, -0.2) is 15.6 Å². The molecule has 1 heterocycles. The number of carbonyl (C=O) groups excluding carboxylic acids is 1. The van der Waals surface area contributed by atoms with E-state index in [1.165, 1.54) is 0 Å². The Morgan fingerprint density at radius 2 is 1.89 bits per heavy atom. The summed E-state index contributed by atoms with van der Waals surface area (Å²) in [7, 11) is 1.89. The van der Waals surface area contributed by atoms with Crippen molar-refractivity contribution in [3.05, 3.63) is 35.0 Å². The van der Waals surface area contributed by atoms with Crippen LogP contribution < -0.4 is 5.73 Å². The van der Waals surface area contributed by atoms with Crippen LogP contribution in [0.15, 0.2) is 18.2 Å². The minimum Gasteiger partial charge on any atom is -0.399 e. The summed E-state index contributed by atoms with van der Waals surface area (Å²) >= 11 is 0. The van der Waals surface area contributed by atoms with Gasteiger partial charge in [0.15, 0.2) is 5.78 Å². The van der Waals surface area contributed by atoms with Crippen LogP contribution in [0.3, 0.4) is 0 Å². The number of nitrogens with zero attached hydrogens (tertiary/aromatic N) is 2. The van der Waals surface area contributed by atoms with Crippen LogP contribution >= 0.6 is 0 Å².